The lowest BCUT2D eigenvalue weighted by Crippen LogP contribution is -2.36. The van der Waals surface area contributed by atoms with E-state index in [1.165, 1.54) is 12.1 Å². The number of carbonyl (C=O) groups is 1. The Labute approximate surface area is 179 Å². The van der Waals surface area contributed by atoms with Gasteiger partial charge in [-0.25, -0.2) is 9.18 Å². The minimum absolute atomic E-state index is 0.00765. The molecule has 2 atom stereocenters. The van der Waals surface area contributed by atoms with Gasteiger partial charge >= 0.3 is 5.97 Å². The van der Waals surface area contributed by atoms with Crippen LogP contribution in [0.25, 0.3) is 11.1 Å². The third-order valence-electron chi connectivity index (χ3n) is 5.40. The summed E-state index contributed by atoms with van der Waals surface area (Å²) in [4.78, 5) is 15.0. The van der Waals surface area contributed by atoms with Crippen LogP contribution in [0.15, 0.2) is 60.9 Å². The number of carboxylic acid groups (broad SMARTS) is 1. The summed E-state index contributed by atoms with van der Waals surface area (Å²) in [6.07, 6.45) is 4.32. The number of aliphatic hydroxyl groups is 1. The molecule has 0 aliphatic carbocycles. The lowest BCUT2D eigenvalue weighted by atomic mass is 9.96. The highest BCUT2D eigenvalue weighted by atomic mass is 19.1. The number of nitrogens with one attached hydrogen (secondary N) is 1. The van der Waals surface area contributed by atoms with Crippen LogP contribution < -0.4 is 10.1 Å². The molecule has 1 aromatic heterocycles. The molecule has 160 valence electrons. The second-order valence-electron chi connectivity index (χ2n) is 7.56. The second kappa shape index (κ2) is 9.24. The summed E-state index contributed by atoms with van der Waals surface area (Å²) < 4.78 is 20.1. The van der Waals surface area contributed by atoms with E-state index in [0.29, 0.717) is 18.7 Å². The molecule has 2 aromatic carbocycles. The van der Waals surface area contributed by atoms with E-state index in [1.54, 1.807) is 24.5 Å². The van der Waals surface area contributed by atoms with E-state index in [4.69, 9.17) is 9.84 Å². The molecule has 0 spiro atoms. The summed E-state index contributed by atoms with van der Waals surface area (Å²) >= 11 is 0. The standard InChI is InChI=1S/C24H23FN2O4/c25-21-11-16(4-7-20(21)24(29)30)15-5-8-23-17(10-15)3-6-19(31-23)13-27-14-22(28)18-2-1-9-26-12-18/h1-2,4-5,7-12,19,22,27-28H,3,6,13-14H2,(H,29,30)/t19-,22-/m1/s1. The number of carboxylic acids is 1. The maximum Gasteiger partial charge on any atom is 0.338 e. The fourth-order valence-electron chi connectivity index (χ4n) is 3.71. The molecule has 0 unspecified atom stereocenters. The number of pyridine rings is 1. The molecule has 6 nitrogen and oxygen atoms in total. The van der Waals surface area contributed by atoms with Crippen LogP contribution in [0, 0.1) is 5.82 Å². The van der Waals surface area contributed by atoms with Crippen LogP contribution >= 0.6 is 0 Å². The Balaban J connectivity index is 1.36. The number of aryl methyl sites for hydroxylation is 1. The van der Waals surface area contributed by atoms with Crippen LogP contribution in [0.2, 0.25) is 0 Å². The molecule has 2 heterocycles. The van der Waals surface area contributed by atoms with Crippen molar-refractivity contribution in [2.75, 3.05) is 13.1 Å². The largest absolute Gasteiger partial charge is 0.489 e. The number of halogens is 1. The Morgan fingerprint density at radius 3 is 2.77 bits per heavy atom. The molecule has 0 saturated heterocycles. The normalized spacial score (nSPS) is 16.3. The van der Waals surface area contributed by atoms with E-state index in [2.05, 4.69) is 10.3 Å². The molecule has 0 amide bonds. The van der Waals surface area contributed by atoms with Crippen molar-refractivity contribution in [1.82, 2.24) is 10.3 Å². The molecular weight excluding hydrogens is 399 g/mol. The number of aliphatic hydroxyl groups excluding tert-OH is 1. The van der Waals surface area contributed by atoms with Crippen LogP contribution in [0.5, 0.6) is 5.75 Å². The van der Waals surface area contributed by atoms with Crippen LogP contribution in [0.3, 0.4) is 0 Å². The van der Waals surface area contributed by atoms with Crippen LogP contribution in [0.4, 0.5) is 4.39 Å². The summed E-state index contributed by atoms with van der Waals surface area (Å²) in [7, 11) is 0. The average molecular weight is 422 g/mol. The maximum absolute atomic E-state index is 14.0. The molecule has 7 heteroatoms. The van der Waals surface area contributed by atoms with Gasteiger partial charge < -0.3 is 20.3 Å². The fourth-order valence-corrected chi connectivity index (χ4v) is 3.71. The summed E-state index contributed by atoms with van der Waals surface area (Å²) in [6.45, 7) is 1.02. The fraction of sp³-hybridized carbons (Fsp3) is 0.250. The number of nitrogens with zero attached hydrogens (tertiary/aromatic N) is 1. The van der Waals surface area contributed by atoms with E-state index in [9.17, 15) is 14.3 Å². The number of benzene rings is 2. The molecular formula is C24H23FN2O4. The quantitative estimate of drug-likeness (QED) is 0.539. The van der Waals surface area contributed by atoms with Crippen molar-refractivity contribution in [3.05, 3.63) is 83.4 Å². The van der Waals surface area contributed by atoms with Crippen molar-refractivity contribution in [2.24, 2.45) is 0 Å². The number of ether oxygens (including phenoxy) is 1. The predicted molar refractivity (Wildman–Crippen MR) is 114 cm³/mol. The minimum Gasteiger partial charge on any atom is -0.489 e. The van der Waals surface area contributed by atoms with Gasteiger partial charge in [0.25, 0.3) is 0 Å². The number of rotatable bonds is 7. The van der Waals surface area contributed by atoms with Gasteiger partial charge in [-0.15, -0.1) is 0 Å². The number of hydrogen-bond donors (Lipinski definition) is 3. The third kappa shape index (κ3) is 4.90. The van der Waals surface area contributed by atoms with Gasteiger partial charge in [0.05, 0.1) is 11.7 Å². The van der Waals surface area contributed by atoms with Gasteiger partial charge in [-0.2, -0.15) is 0 Å². The highest BCUT2D eigenvalue weighted by molar-refractivity contribution is 5.88. The van der Waals surface area contributed by atoms with Crippen molar-refractivity contribution in [3.8, 4) is 16.9 Å². The summed E-state index contributed by atoms with van der Waals surface area (Å²) in [6, 6.07) is 13.4. The Morgan fingerprint density at radius 2 is 2.03 bits per heavy atom. The van der Waals surface area contributed by atoms with Crippen molar-refractivity contribution >= 4 is 5.97 Å². The van der Waals surface area contributed by atoms with Gasteiger partial charge in [0.2, 0.25) is 0 Å². The van der Waals surface area contributed by atoms with E-state index < -0.39 is 17.9 Å². The Morgan fingerprint density at radius 1 is 1.23 bits per heavy atom. The topological polar surface area (TPSA) is 91.7 Å². The lowest BCUT2D eigenvalue weighted by molar-refractivity contribution is 0.0692. The Hall–Kier alpha value is -3.29. The molecule has 0 bridgehead atoms. The number of aromatic carboxylic acids is 1. The van der Waals surface area contributed by atoms with Crippen LogP contribution in [-0.4, -0.2) is 40.4 Å². The molecule has 0 saturated carbocycles. The zero-order valence-electron chi connectivity index (χ0n) is 16.8. The molecule has 31 heavy (non-hydrogen) atoms. The molecule has 1 aliphatic rings. The van der Waals surface area contributed by atoms with Gasteiger partial charge in [-0.05, 0) is 59.9 Å². The van der Waals surface area contributed by atoms with Gasteiger partial charge in [-0.3, -0.25) is 4.98 Å². The first-order valence-corrected chi connectivity index (χ1v) is 10.1. The van der Waals surface area contributed by atoms with Gasteiger partial charge in [0.1, 0.15) is 17.7 Å². The Bertz CT molecular complexity index is 1070. The highest BCUT2D eigenvalue weighted by Crippen LogP contribution is 2.32. The van der Waals surface area contributed by atoms with Gasteiger partial charge in [0, 0.05) is 31.0 Å². The second-order valence-corrected chi connectivity index (χ2v) is 7.56. The van der Waals surface area contributed by atoms with Crippen LogP contribution in [0.1, 0.15) is 34.0 Å². The summed E-state index contributed by atoms with van der Waals surface area (Å²) in [5.41, 5.74) is 2.90. The molecule has 3 aromatic rings. The first kappa shape index (κ1) is 21.0. The highest BCUT2D eigenvalue weighted by Gasteiger charge is 2.21. The molecule has 3 N–H and O–H groups in total. The number of aromatic nitrogens is 1. The van der Waals surface area contributed by atoms with Crippen molar-refractivity contribution in [2.45, 2.75) is 25.0 Å². The van der Waals surface area contributed by atoms with E-state index >= 15 is 0 Å². The van der Waals surface area contributed by atoms with Gasteiger partial charge in [-0.1, -0.05) is 18.2 Å². The average Bonchev–Trinajstić information content (AvgIpc) is 2.79. The van der Waals surface area contributed by atoms with Crippen molar-refractivity contribution in [1.29, 1.82) is 0 Å². The molecule has 1 aliphatic heterocycles. The first-order valence-electron chi connectivity index (χ1n) is 10.1. The third-order valence-corrected chi connectivity index (χ3v) is 5.40. The predicted octanol–water partition coefficient (Wildman–Crippen LogP) is 3.60. The monoisotopic (exact) mass is 422 g/mol. The molecule has 0 fully saturated rings. The number of fused-ring (bicyclic) bond motifs is 1. The van der Waals surface area contributed by atoms with Crippen molar-refractivity contribution < 1.29 is 24.1 Å². The summed E-state index contributed by atoms with van der Waals surface area (Å²) in [5.74, 6) is -1.24. The molecule has 0 radical (unpaired) electrons. The smallest absolute Gasteiger partial charge is 0.338 e. The number of hydrogen-bond acceptors (Lipinski definition) is 5. The lowest BCUT2D eigenvalue weighted by Gasteiger charge is -2.27. The van der Waals surface area contributed by atoms with Gasteiger partial charge in [0.15, 0.2) is 0 Å². The van der Waals surface area contributed by atoms with E-state index in [-0.39, 0.29) is 11.7 Å². The van der Waals surface area contributed by atoms with E-state index in [1.807, 2.05) is 24.3 Å². The minimum atomic E-state index is -1.28. The summed E-state index contributed by atoms with van der Waals surface area (Å²) in [5, 5.41) is 22.4. The van der Waals surface area contributed by atoms with Crippen molar-refractivity contribution in [3.63, 3.8) is 0 Å². The van der Waals surface area contributed by atoms with E-state index in [0.717, 1.165) is 35.3 Å². The Kier molecular flexibility index (Phi) is 6.25. The SMILES string of the molecule is O=C(O)c1ccc(-c2ccc3c(c2)CC[C@H](CNC[C@@H](O)c2cccnc2)O3)cc1F. The maximum atomic E-state index is 14.0. The van der Waals surface area contributed by atoms with Crippen LogP contribution in [-0.2, 0) is 6.42 Å². The molecule has 4 rings (SSSR count). The zero-order chi connectivity index (χ0) is 21.8. The zero-order valence-corrected chi connectivity index (χ0v) is 16.8. The first-order chi connectivity index (χ1) is 15.0.